The molecule has 3 N–H and O–H groups in total. The number of aliphatic hydroxyl groups is 1. The maximum atomic E-state index is 10.3. The summed E-state index contributed by atoms with van der Waals surface area (Å²) < 4.78 is 0. The van der Waals surface area contributed by atoms with Crippen molar-refractivity contribution in [3.63, 3.8) is 0 Å². The molecule has 7 heteroatoms. The van der Waals surface area contributed by atoms with Crippen molar-refractivity contribution in [2.24, 2.45) is 0 Å². The summed E-state index contributed by atoms with van der Waals surface area (Å²) in [5.41, 5.74) is 3.58. The van der Waals surface area contributed by atoms with Gasteiger partial charge in [-0.2, -0.15) is 5.10 Å². The number of H-pyrrole nitrogens is 1. The Morgan fingerprint density at radius 1 is 1.25 bits per heavy atom. The first kappa shape index (κ1) is 19.3. The molecule has 1 aliphatic rings. The van der Waals surface area contributed by atoms with E-state index >= 15 is 0 Å². The number of thioether (sulfide) groups is 1. The molecule has 1 aliphatic heterocycles. The highest BCUT2D eigenvalue weighted by molar-refractivity contribution is 8.00. The molecule has 3 heterocycles. The molecule has 0 spiro atoms. The molecule has 0 aliphatic carbocycles. The molecule has 0 bridgehead atoms. The molecule has 146 valence electrons. The predicted octanol–water partition coefficient (Wildman–Crippen LogP) is 4.99. The van der Waals surface area contributed by atoms with Crippen molar-refractivity contribution in [2.75, 3.05) is 11.9 Å². The van der Waals surface area contributed by atoms with Crippen LogP contribution in [-0.4, -0.2) is 32.1 Å². The Morgan fingerprint density at radius 2 is 2.07 bits per heavy atom. The molecule has 28 heavy (non-hydrogen) atoms. The number of rotatable bonds is 3. The zero-order valence-electron chi connectivity index (χ0n) is 16.0. The minimum atomic E-state index is -0.937. The van der Waals surface area contributed by atoms with Crippen molar-refractivity contribution in [1.29, 1.82) is 0 Å². The van der Waals surface area contributed by atoms with Gasteiger partial charge in [0.15, 0.2) is 0 Å². The van der Waals surface area contributed by atoms with Crippen molar-refractivity contribution in [3.05, 3.63) is 64.3 Å². The van der Waals surface area contributed by atoms with Crippen molar-refractivity contribution in [2.45, 2.75) is 36.9 Å². The zero-order valence-corrected chi connectivity index (χ0v) is 17.6. The number of fused-ring (bicyclic) bond motifs is 1. The highest BCUT2D eigenvalue weighted by atomic mass is 35.5. The van der Waals surface area contributed by atoms with Gasteiger partial charge in [-0.15, -0.1) is 11.8 Å². The Morgan fingerprint density at radius 3 is 2.75 bits per heavy atom. The van der Waals surface area contributed by atoms with Crippen LogP contribution in [0.4, 0.5) is 5.82 Å². The lowest BCUT2D eigenvalue weighted by molar-refractivity contribution is 0.0786. The van der Waals surface area contributed by atoms with Gasteiger partial charge in [0, 0.05) is 28.6 Å². The molecule has 4 rings (SSSR count). The van der Waals surface area contributed by atoms with Crippen LogP contribution in [0.3, 0.4) is 0 Å². The summed E-state index contributed by atoms with van der Waals surface area (Å²) in [6.45, 7) is 6.55. The van der Waals surface area contributed by atoms with Crippen molar-refractivity contribution in [3.8, 4) is 11.4 Å². The second kappa shape index (κ2) is 7.43. The highest BCUT2D eigenvalue weighted by Crippen LogP contribution is 2.48. The first-order chi connectivity index (χ1) is 13.3. The molecule has 2 atom stereocenters. The fourth-order valence-electron chi connectivity index (χ4n) is 3.38. The van der Waals surface area contributed by atoms with Gasteiger partial charge in [-0.25, -0.2) is 0 Å². The lowest BCUT2D eigenvalue weighted by Crippen LogP contribution is -2.15. The Kier molecular flexibility index (Phi) is 5.12. The first-order valence-electron chi connectivity index (χ1n) is 9.26. The minimum absolute atomic E-state index is 0.000823. The van der Waals surface area contributed by atoms with Crippen LogP contribution < -0.4 is 5.32 Å². The summed E-state index contributed by atoms with van der Waals surface area (Å²) in [4.78, 5) is 4.49. The molecule has 0 saturated carbocycles. The molecule has 0 saturated heterocycles. The summed E-state index contributed by atoms with van der Waals surface area (Å²) in [7, 11) is 0. The topological polar surface area (TPSA) is 73.8 Å². The molecule has 2 unspecified atom stereocenters. The normalized spacial score (nSPS) is 19.6. The maximum Gasteiger partial charge on any atom is 0.126 e. The third kappa shape index (κ3) is 3.64. The van der Waals surface area contributed by atoms with E-state index in [1.165, 1.54) is 0 Å². The summed E-state index contributed by atoms with van der Waals surface area (Å²) in [5, 5.41) is 22.5. The Bertz CT molecular complexity index is 984. The lowest BCUT2D eigenvalue weighted by atomic mass is 9.95. The number of benzene rings is 1. The van der Waals surface area contributed by atoms with E-state index in [1.54, 1.807) is 20.0 Å². The molecular weight excluding hydrogens is 392 g/mol. The van der Waals surface area contributed by atoms with E-state index in [9.17, 15) is 5.11 Å². The largest absolute Gasteiger partial charge is 0.386 e. The zero-order chi connectivity index (χ0) is 19.9. The van der Waals surface area contributed by atoms with Crippen LogP contribution in [0.15, 0.2) is 42.6 Å². The van der Waals surface area contributed by atoms with E-state index < -0.39 is 5.60 Å². The smallest absolute Gasteiger partial charge is 0.126 e. The predicted molar refractivity (Wildman–Crippen MR) is 116 cm³/mol. The summed E-state index contributed by atoms with van der Waals surface area (Å²) in [6.07, 6.45) is 1.77. The van der Waals surface area contributed by atoms with Crippen LogP contribution in [0, 0.1) is 0 Å². The van der Waals surface area contributed by atoms with Gasteiger partial charge >= 0.3 is 0 Å². The van der Waals surface area contributed by atoms with E-state index in [1.807, 2.05) is 48.2 Å². The second-order valence-electron chi connectivity index (χ2n) is 7.58. The SMILES string of the molecule is CC1CNc2[nH]nc(-c3ccccn3)c2C(c2ccc(C(C)(C)O)cc2Cl)S1. The van der Waals surface area contributed by atoms with Gasteiger partial charge in [-0.3, -0.25) is 10.1 Å². The van der Waals surface area contributed by atoms with E-state index in [-0.39, 0.29) is 5.25 Å². The Balaban J connectivity index is 1.85. The van der Waals surface area contributed by atoms with Crippen LogP contribution in [0.5, 0.6) is 0 Å². The Hall–Kier alpha value is -2.02. The number of hydrogen-bond acceptors (Lipinski definition) is 5. The van der Waals surface area contributed by atoms with Gasteiger partial charge in [0.2, 0.25) is 0 Å². The van der Waals surface area contributed by atoms with Gasteiger partial charge in [-0.1, -0.05) is 36.7 Å². The highest BCUT2D eigenvalue weighted by Gasteiger charge is 2.32. The quantitative estimate of drug-likeness (QED) is 0.563. The van der Waals surface area contributed by atoms with E-state index in [0.717, 1.165) is 40.4 Å². The minimum Gasteiger partial charge on any atom is -0.386 e. The Labute approximate surface area is 173 Å². The van der Waals surface area contributed by atoms with E-state index in [4.69, 9.17) is 11.6 Å². The number of nitrogens with one attached hydrogen (secondary N) is 2. The summed E-state index contributed by atoms with van der Waals surface area (Å²) in [5.74, 6) is 0.908. The van der Waals surface area contributed by atoms with Gasteiger partial charge in [-0.05, 0) is 43.2 Å². The van der Waals surface area contributed by atoms with Crippen LogP contribution in [0.25, 0.3) is 11.4 Å². The van der Waals surface area contributed by atoms with Crippen LogP contribution in [0.2, 0.25) is 5.02 Å². The molecule has 5 nitrogen and oxygen atoms in total. The standard InChI is InChI=1S/C21H23ClN4OS/c1-12-11-24-20-17(18(25-26-20)16-6-4-5-9-23-16)19(28-12)14-8-7-13(10-15(14)22)21(2,3)27/h4-10,12,19,27H,11H2,1-3H3,(H2,24,25,26). The molecule has 0 radical (unpaired) electrons. The molecular formula is C21H23ClN4OS. The summed E-state index contributed by atoms with van der Waals surface area (Å²) in [6, 6.07) is 11.7. The van der Waals surface area contributed by atoms with Gasteiger partial charge < -0.3 is 10.4 Å². The third-order valence-corrected chi connectivity index (χ3v) is 6.62. The fraction of sp³-hybridized carbons (Fsp3) is 0.333. The number of aromatic amines is 1. The number of pyridine rings is 1. The number of nitrogens with zero attached hydrogens (tertiary/aromatic N) is 2. The monoisotopic (exact) mass is 414 g/mol. The van der Waals surface area contributed by atoms with Crippen molar-refractivity contribution in [1.82, 2.24) is 15.2 Å². The van der Waals surface area contributed by atoms with Crippen LogP contribution >= 0.6 is 23.4 Å². The van der Waals surface area contributed by atoms with Gasteiger partial charge in [0.05, 0.1) is 16.5 Å². The molecule has 0 fully saturated rings. The van der Waals surface area contributed by atoms with Crippen molar-refractivity contribution < 1.29 is 5.11 Å². The van der Waals surface area contributed by atoms with Crippen LogP contribution in [-0.2, 0) is 5.60 Å². The average molecular weight is 415 g/mol. The number of anilines is 1. The fourth-order valence-corrected chi connectivity index (χ4v) is 5.10. The van der Waals surface area contributed by atoms with Crippen molar-refractivity contribution >= 4 is 29.2 Å². The number of aromatic nitrogens is 3. The average Bonchev–Trinajstić information content (AvgIpc) is 3.01. The molecule has 0 amide bonds. The molecule has 3 aromatic rings. The maximum absolute atomic E-state index is 10.3. The van der Waals surface area contributed by atoms with E-state index in [0.29, 0.717) is 10.3 Å². The second-order valence-corrected chi connectivity index (χ2v) is 9.53. The first-order valence-corrected chi connectivity index (χ1v) is 10.6. The number of halogens is 1. The third-order valence-electron chi connectivity index (χ3n) is 4.90. The molecule has 1 aromatic carbocycles. The van der Waals surface area contributed by atoms with Crippen LogP contribution in [0.1, 0.15) is 42.7 Å². The number of hydrogen-bond donors (Lipinski definition) is 3. The molecule has 2 aromatic heterocycles. The summed E-state index contributed by atoms with van der Waals surface area (Å²) >= 11 is 8.56. The van der Waals surface area contributed by atoms with Gasteiger partial charge in [0.25, 0.3) is 0 Å². The van der Waals surface area contributed by atoms with E-state index in [2.05, 4.69) is 27.4 Å². The van der Waals surface area contributed by atoms with Gasteiger partial charge in [0.1, 0.15) is 11.5 Å². The lowest BCUT2D eigenvalue weighted by Gasteiger charge is -2.23.